The van der Waals surface area contributed by atoms with Crippen molar-refractivity contribution >= 4 is 29.4 Å². The number of pyridine rings is 1. The van der Waals surface area contributed by atoms with Crippen molar-refractivity contribution in [2.24, 2.45) is 11.1 Å². The fourth-order valence-corrected chi connectivity index (χ4v) is 4.31. The first-order chi connectivity index (χ1) is 19.1. The number of nitrogens with zero attached hydrogens (tertiary/aromatic N) is 1. The number of nitrogen functional groups attached to an aromatic ring is 1. The van der Waals surface area contributed by atoms with Crippen molar-refractivity contribution in [3.63, 3.8) is 0 Å². The molecule has 10 heteroatoms. The van der Waals surface area contributed by atoms with Gasteiger partial charge in [-0.15, -0.1) is 0 Å². The molecule has 0 aliphatic rings. The summed E-state index contributed by atoms with van der Waals surface area (Å²) in [6, 6.07) is 13.6. The van der Waals surface area contributed by atoms with Crippen molar-refractivity contribution in [1.29, 1.82) is 5.41 Å². The highest BCUT2D eigenvalue weighted by molar-refractivity contribution is 6.09. The number of benzene rings is 2. The number of anilines is 1. The van der Waals surface area contributed by atoms with E-state index in [1.54, 1.807) is 24.3 Å². The molecule has 210 valence electrons. The lowest BCUT2D eigenvalue weighted by Gasteiger charge is -2.29. The summed E-state index contributed by atoms with van der Waals surface area (Å²) in [7, 11) is 1.40. The van der Waals surface area contributed by atoms with Crippen LogP contribution in [-0.4, -0.2) is 47.5 Å². The molecule has 0 bridgehead atoms. The zero-order valence-corrected chi connectivity index (χ0v) is 23.0. The van der Waals surface area contributed by atoms with Crippen LogP contribution in [0.4, 0.5) is 5.69 Å². The molecule has 3 aromatic rings. The lowest BCUT2D eigenvalue weighted by Crippen LogP contribution is -2.26. The summed E-state index contributed by atoms with van der Waals surface area (Å²) in [6.45, 7) is 6.39. The quantitative estimate of drug-likeness (QED) is 0.134. The topological polar surface area (TPSA) is 165 Å². The average Bonchev–Trinajstić information content (AvgIpc) is 2.97. The number of amidine groups is 1. The van der Waals surface area contributed by atoms with Crippen molar-refractivity contribution in [1.82, 2.24) is 4.98 Å². The number of hydrogen-bond donors (Lipinski definition) is 4. The number of carboxylic acid groups (broad SMARTS) is 1. The number of nitrogens with one attached hydrogen (secondary N) is 2. The fraction of sp³-hybridized carbons (Fsp3) is 0.300. The van der Waals surface area contributed by atoms with Crippen LogP contribution < -0.4 is 15.8 Å². The molecule has 0 fully saturated rings. The number of carboxylic acids is 1. The number of aromatic carboxylic acids is 1. The van der Waals surface area contributed by atoms with E-state index in [0.29, 0.717) is 11.3 Å². The number of carbonyl (C=O) groups is 3. The van der Waals surface area contributed by atoms with Crippen molar-refractivity contribution in [2.75, 3.05) is 19.0 Å². The molecule has 0 saturated heterocycles. The Morgan fingerprint density at radius 2 is 1.55 bits per heavy atom. The standard InChI is InChI=1S/C30H34N4O6/c1-5-30(6-2,7-3)17-40-29(38)19-10-13-21(23(16-19)28(36)37)22-14-15-24(39-4)34-25(22)27(35)33-20-11-8-18(9-12-20)26(31)32/h8-16H,5-7,17H2,1-4H3,(H3,31,32)(H,33,35)(H,36,37). The molecule has 40 heavy (non-hydrogen) atoms. The molecule has 0 aliphatic heterocycles. The minimum atomic E-state index is -1.28. The number of hydrogen-bond acceptors (Lipinski definition) is 7. The van der Waals surface area contributed by atoms with Crippen LogP contribution in [0.2, 0.25) is 0 Å². The maximum atomic E-state index is 13.3. The van der Waals surface area contributed by atoms with Crippen LogP contribution in [0.5, 0.6) is 5.88 Å². The Labute approximate surface area is 233 Å². The van der Waals surface area contributed by atoms with Crippen molar-refractivity contribution in [3.8, 4) is 17.0 Å². The van der Waals surface area contributed by atoms with Gasteiger partial charge in [-0.2, -0.15) is 0 Å². The second-order valence-corrected chi connectivity index (χ2v) is 9.40. The molecule has 0 unspecified atom stereocenters. The highest BCUT2D eigenvalue weighted by Gasteiger charge is 2.27. The van der Waals surface area contributed by atoms with E-state index in [-0.39, 0.29) is 51.7 Å². The first-order valence-corrected chi connectivity index (χ1v) is 12.9. The van der Waals surface area contributed by atoms with Gasteiger partial charge in [0, 0.05) is 28.3 Å². The maximum absolute atomic E-state index is 13.3. The Kier molecular flexibility index (Phi) is 9.60. The molecular weight excluding hydrogens is 512 g/mol. The third kappa shape index (κ3) is 6.63. The fourth-order valence-electron chi connectivity index (χ4n) is 4.31. The lowest BCUT2D eigenvalue weighted by atomic mass is 9.81. The van der Waals surface area contributed by atoms with E-state index in [1.807, 2.05) is 0 Å². The first kappa shape index (κ1) is 29.8. The number of nitrogens with two attached hydrogens (primary N) is 1. The van der Waals surface area contributed by atoms with Gasteiger partial charge in [-0.3, -0.25) is 10.2 Å². The molecule has 0 radical (unpaired) electrons. The van der Waals surface area contributed by atoms with Gasteiger partial charge in [0.25, 0.3) is 5.91 Å². The minimum Gasteiger partial charge on any atom is -0.481 e. The Bertz CT molecular complexity index is 1410. The molecule has 3 rings (SSSR count). The van der Waals surface area contributed by atoms with Crippen LogP contribution >= 0.6 is 0 Å². The second kappa shape index (κ2) is 12.9. The summed E-state index contributed by atoms with van der Waals surface area (Å²) < 4.78 is 10.8. The zero-order chi connectivity index (χ0) is 29.4. The van der Waals surface area contributed by atoms with E-state index >= 15 is 0 Å². The maximum Gasteiger partial charge on any atom is 0.338 e. The van der Waals surface area contributed by atoms with Crippen LogP contribution in [0, 0.1) is 10.8 Å². The predicted octanol–water partition coefficient (Wildman–Crippen LogP) is 5.36. The van der Waals surface area contributed by atoms with E-state index in [4.69, 9.17) is 20.6 Å². The molecule has 2 aromatic carbocycles. The molecular formula is C30H34N4O6. The zero-order valence-electron chi connectivity index (χ0n) is 23.0. The number of aromatic nitrogens is 1. The number of rotatable bonds is 12. The van der Waals surface area contributed by atoms with E-state index in [2.05, 4.69) is 31.1 Å². The predicted molar refractivity (Wildman–Crippen MR) is 152 cm³/mol. The van der Waals surface area contributed by atoms with Gasteiger partial charge in [0.15, 0.2) is 0 Å². The highest BCUT2D eigenvalue weighted by Crippen LogP contribution is 2.32. The first-order valence-electron chi connectivity index (χ1n) is 12.9. The van der Waals surface area contributed by atoms with E-state index < -0.39 is 17.8 Å². The Morgan fingerprint density at radius 3 is 2.10 bits per heavy atom. The lowest BCUT2D eigenvalue weighted by molar-refractivity contribution is 0.0246. The Morgan fingerprint density at radius 1 is 0.950 bits per heavy atom. The summed E-state index contributed by atoms with van der Waals surface area (Å²) >= 11 is 0. The molecule has 0 aliphatic carbocycles. The van der Waals surface area contributed by atoms with Crippen LogP contribution in [0.1, 0.15) is 76.8 Å². The number of ether oxygens (including phenoxy) is 2. The molecule has 10 nitrogen and oxygen atoms in total. The molecule has 0 spiro atoms. The largest absolute Gasteiger partial charge is 0.481 e. The SMILES string of the molecule is CCC(CC)(CC)COC(=O)c1ccc(-c2ccc(OC)nc2C(=O)Nc2ccc(C(=N)N)cc2)c(C(=O)O)c1. The van der Waals surface area contributed by atoms with Crippen LogP contribution in [0.25, 0.3) is 11.1 Å². The Hall–Kier alpha value is -4.73. The Balaban J connectivity index is 1.98. The van der Waals surface area contributed by atoms with Gasteiger partial charge < -0.3 is 25.6 Å². The smallest absolute Gasteiger partial charge is 0.338 e. The summed E-state index contributed by atoms with van der Waals surface area (Å²) in [5.41, 5.74) is 6.53. The highest BCUT2D eigenvalue weighted by atomic mass is 16.5. The van der Waals surface area contributed by atoms with Crippen LogP contribution in [0.3, 0.4) is 0 Å². The number of amides is 1. The van der Waals surface area contributed by atoms with Crippen molar-refractivity contribution in [2.45, 2.75) is 40.0 Å². The minimum absolute atomic E-state index is 0.0774. The third-order valence-electron chi connectivity index (χ3n) is 7.28. The summed E-state index contributed by atoms with van der Waals surface area (Å²) in [4.78, 5) is 42.7. The van der Waals surface area contributed by atoms with E-state index in [0.717, 1.165) is 19.3 Å². The van der Waals surface area contributed by atoms with Gasteiger partial charge in [0.2, 0.25) is 5.88 Å². The summed E-state index contributed by atoms with van der Waals surface area (Å²) in [5.74, 6) is -2.46. The van der Waals surface area contributed by atoms with Gasteiger partial charge in [0.05, 0.1) is 24.8 Å². The number of carbonyl (C=O) groups excluding carboxylic acids is 2. The van der Waals surface area contributed by atoms with E-state index in [1.165, 1.54) is 37.4 Å². The summed E-state index contributed by atoms with van der Waals surface area (Å²) in [6.07, 6.45) is 2.55. The normalized spacial score (nSPS) is 11.0. The third-order valence-corrected chi connectivity index (χ3v) is 7.28. The summed E-state index contributed by atoms with van der Waals surface area (Å²) in [5, 5.41) is 20.3. The monoisotopic (exact) mass is 546 g/mol. The number of esters is 1. The van der Waals surface area contributed by atoms with E-state index in [9.17, 15) is 19.5 Å². The molecule has 1 amide bonds. The van der Waals surface area contributed by atoms with Gasteiger partial charge in [-0.05, 0) is 67.3 Å². The molecule has 1 heterocycles. The molecule has 1 aromatic heterocycles. The van der Waals surface area contributed by atoms with Crippen molar-refractivity contribution < 1.29 is 29.0 Å². The van der Waals surface area contributed by atoms with Crippen LogP contribution in [0.15, 0.2) is 54.6 Å². The second-order valence-electron chi connectivity index (χ2n) is 9.40. The van der Waals surface area contributed by atoms with Crippen LogP contribution in [-0.2, 0) is 4.74 Å². The van der Waals surface area contributed by atoms with Crippen molar-refractivity contribution in [3.05, 3.63) is 77.0 Å². The van der Waals surface area contributed by atoms with Gasteiger partial charge in [-0.1, -0.05) is 26.8 Å². The number of methoxy groups -OCH3 is 1. The van der Waals surface area contributed by atoms with Gasteiger partial charge in [0.1, 0.15) is 11.5 Å². The van der Waals surface area contributed by atoms with Gasteiger partial charge in [-0.25, -0.2) is 14.6 Å². The molecule has 0 atom stereocenters. The average molecular weight is 547 g/mol. The molecule has 5 N–H and O–H groups in total. The van der Waals surface area contributed by atoms with Gasteiger partial charge >= 0.3 is 11.9 Å². The molecule has 0 saturated carbocycles.